The molecule has 0 atom stereocenters. The molecule has 1 aliphatic heterocycles. The number of nitrogens with one attached hydrogen (secondary N) is 3. The summed E-state index contributed by atoms with van der Waals surface area (Å²) in [4.78, 5) is 0. The van der Waals surface area contributed by atoms with Crippen molar-refractivity contribution >= 4 is 0 Å². The lowest BCUT2D eigenvalue weighted by Crippen LogP contribution is -2.60. The summed E-state index contributed by atoms with van der Waals surface area (Å²) in [7, 11) is 0. The highest BCUT2D eigenvalue weighted by Crippen LogP contribution is 2.19. The van der Waals surface area contributed by atoms with Gasteiger partial charge in [-0.25, -0.2) is 0 Å². The van der Waals surface area contributed by atoms with Crippen molar-refractivity contribution in [3.05, 3.63) is 0 Å². The Labute approximate surface area is 162 Å². The minimum Gasteiger partial charge on any atom is -0.321 e. The van der Waals surface area contributed by atoms with E-state index in [1.165, 1.54) is 134 Å². The van der Waals surface area contributed by atoms with Crippen molar-refractivity contribution < 1.29 is 4.48 Å². The van der Waals surface area contributed by atoms with E-state index in [-0.39, 0.29) is 0 Å². The standard InChI is InChI=1S/C22H45N4/c1-3-9-21(10-4-1)24-13-7-17-26(19-15-23-16-20-26)18-8-14-25-22-11-5-2-6-12-22/h21-25H,1-20H2/q+1. The van der Waals surface area contributed by atoms with E-state index < -0.39 is 0 Å². The molecule has 0 aromatic rings. The Kier molecular flexibility index (Phi) is 9.20. The Morgan fingerprint density at radius 1 is 0.654 bits per heavy atom. The van der Waals surface area contributed by atoms with Gasteiger partial charge in [-0.3, -0.25) is 0 Å². The van der Waals surface area contributed by atoms with Crippen LogP contribution in [0.25, 0.3) is 0 Å². The SMILES string of the molecule is C1CCC(NCCC[N+]2(CCCNC3CCCCC3)CCNCC2)CC1. The fourth-order valence-electron chi connectivity index (χ4n) is 5.48. The van der Waals surface area contributed by atoms with Crippen LogP contribution in [0.4, 0.5) is 0 Å². The molecular weight excluding hydrogens is 320 g/mol. The third-order valence-electron chi connectivity index (χ3n) is 7.22. The molecule has 4 heteroatoms. The van der Waals surface area contributed by atoms with Gasteiger partial charge in [-0.2, -0.15) is 0 Å². The average Bonchev–Trinajstić information content (AvgIpc) is 2.71. The fourth-order valence-corrected chi connectivity index (χ4v) is 5.48. The van der Waals surface area contributed by atoms with Crippen molar-refractivity contribution in [2.24, 2.45) is 0 Å². The van der Waals surface area contributed by atoms with Crippen LogP contribution in [0.3, 0.4) is 0 Å². The smallest absolute Gasteiger partial charge is 0.0913 e. The molecule has 0 spiro atoms. The van der Waals surface area contributed by atoms with Crippen molar-refractivity contribution in [3.8, 4) is 0 Å². The topological polar surface area (TPSA) is 36.1 Å². The molecule has 3 N–H and O–H groups in total. The molecule has 3 rings (SSSR count). The molecule has 0 radical (unpaired) electrons. The van der Waals surface area contributed by atoms with Gasteiger partial charge in [-0.15, -0.1) is 0 Å². The van der Waals surface area contributed by atoms with E-state index >= 15 is 0 Å². The second-order valence-electron chi connectivity index (χ2n) is 9.27. The summed E-state index contributed by atoms with van der Waals surface area (Å²) in [5, 5.41) is 11.3. The van der Waals surface area contributed by atoms with E-state index in [0.29, 0.717) is 0 Å². The van der Waals surface area contributed by atoms with E-state index in [9.17, 15) is 0 Å². The highest BCUT2D eigenvalue weighted by molar-refractivity contribution is 4.73. The molecule has 3 fully saturated rings. The first kappa shape index (κ1) is 20.6. The molecule has 152 valence electrons. The molecule has 0 bridgehead atoms. The number of quaternary nitrogens is 1. The number of piperazine rings is 1. The zero-order chi connectivity index (χ0) is 17.9. The van der Waals surface area contributed by atoms with Crippen LogP contribution in [0.15, 0.2) is 0 Å². The molecule has 4 nitrogen and oxygen atoms in total. The molecule has 0 unspecified atom stereocenters. The average molecular weight is 366 g/mol. The van der Waals surface area contributed by atoms with Gasteiger partial charge < -0.3 is 20.4 Å². The summed E-state index contributed by atoms with van der Waals surface area (Å²) < 4.78 is 1.37. The minimum atomic E-state index is 0.819. The van der Waals surface area contributed by atoms with Crippen LogP contribution >= 0.6 is 0 Å². The zero-order valence-corrected chi connectivity index (χ0v) is 17.2. The summed E-state index contributed by atoms with van der Waals surface area (Å²) in [5.74, 6) is 0. The lowest BCUT2D eigenvalue weighted by Gasteiger charge is -2.42. The normalized spacial score (nSPS) is 25.4. The van der Waals surface area contributed by atoms with Gasteiger partial charge in [0.2, 0.25) is 0 Å². The third-order valence-corrected chi connectivity index (χ3v) is 7.22. The summed E-state index contributed by atoms with van der Waals surface area (Å²) in [6.45, 7) is 10.3. The predicted octanol–water partition coefficient (Wildman–Crippen LogP) is 3.03. The van der Waals surface area contributed by atoms with E-state index in [0.717, 1.165) is 12.1 Å². The molecule has 2 saturated carbocycles. The summed E-state index contributed by atoms with van der Waals surface area (Å²) in [5.41, 5.74) is 0. The lowest BCUT2D eigenvalue weighted by molar-refractivity contribution is -0.929. The van der Waals surface area contributed by atoms with Gasteiger partial charge in [0.15, 0.2) is 0 Å². The third kappa shape index (κ3) is 7.10. The van der Waals surface area contributed by atoms with Crippen LogP contribution in [0, 0.1) is 0 Å². The second-order valence-corrected chi connectivity index (χ2v) is 9.27. The Morgan fingerprint density at radius 3 is 1.58 bits per heavy atom. The van der Waals surface area contributed by atoms with Gasteiger partial charge in [0.25, 0.3) is 0 Å². The maximum Gasteiger partial charge on any atom is 0.0913 e. The summed E-state index contributed by atoms with van der Waals surface area (Å²) in [6, 6.07) is 1.64. The first-order valence-corrected chi connectivity index (χ1v) is 11.9. The molecule has 0 aromatic heterocycles. The molecule has 1 heterocycles. The first-order valence-electron chi connectivity index (χ1n) is 11.9. The summed E-state index contributed by atoms with van der Waals surface area (Å²) >= 11 is 0. The van der Waals surface area contributed by atoms with Crippen molar-refractivity contribution in [1.82, 2.24) is 16.0 Å². The van der Waals surface area contributed by atoms with E-state index in [1.54, 1.807) is 0 Å². The number of hydrogen-bond donors (Lipinski definition) is 3. The number of rotatable bonds is 10. The maximum atomic E-state index is 3.85. The minimum absolute atomic E-state index is 0.819. The highest BCUT2D eigenvalue weighted by Gasteiger charge is 2.29. The quantitative estimate of drug-likeness (QED) is 0.411. The van der Waals surface area contributed by atoms with Gasteiger partial charge >= 0.3 is 0 Å². The summed E-state index contributed by atoms with van der Waals surface area (Å²) in [6.07, 6.45) is 17.0. The van der Waals surface area contributed by atoms with Gasteiger partial charge in [-0.05, 0) is 25.7 Å². The first-order chi connectivity index (χ1) is 12.9. The molecular formula is C22H45N4+. The zero-order valence-electron chi connectivity index (χ0n) is 17.2. The predicted molar refractivity (Wildman–Crippen MR) is 112 cm³/mol. The van der Waals surface area contributed by atoms with Gasteiger partial charge in [-0.1, -0.05) is 38.5 Å². The van der Waals surface area contributed by atoms with E-state index in [1.807, 2.05) is 0 Å². The monoisotopic (exact) mass is 365 g/mol. The van der Waals surface area contributed by atoms with Crippen LogP contribution in [0.1, 0.15) is 77.0 Å². The molecule has 0 amide bonds. The Morgan fingerprint density at radius 2 is 1.12 bits per heavy atom. The largest absolute Gasteiger partial charge is 0.321 e. The maximum absolute atomic E-state index is 3.85. The van der Waals surface area contributed by atoms with Crippen LogP contribution in [-0.2, 0) is 0 Å². The van der Waals surface area contributed by atoms with Gasteiger partial charge in [0.1, 0.15) is 0 Å². The van der Waals surface area contributed by atoms with Crippen LogP contribution in [0.2, 0.25) is 0 Å². The van der Waals surface area contributed by atoms with Crippen molar-refractivity contribution in [1.29, 1.82) is 0 Å². The van der Waals surface area contributed by atoms with Crippen LogP contribution in [0.5, 0.6) is 0 Å². The number of hydrogen-bond acceptors (Lipinski definition) is 3. The molecule has 2 aliphatic carbocycles. The van der Waals surface area contributed by atoms with Crippen molar-refractivity contribution in [3.63, 3.8) is 0 Å². The molecule has 0 aromatic carbocycles. The fraction of sp³-hybridized carbons (Fsp3) is 1.00. The Balaban J connectivity index is 1.32. The Bertz CT molecular complexity index is 327. The van der Waals surface area contributed by atoms with Gasteiger partial charge in [0.05, 0.1) is 26.2 Å². The number of nitrogens with zero attached hydrogens (tertiary/aromatic N) is 1. The molecule has 26 heavy (non-hydrogen) atoms. The Hall–Kier alpha value is -0.160. The van der Waals surface area contributed by atoms with Gasteiger partial charge in [0, 0.05) is 51.1 Å². The lowest BCUT2D eigenvalue weighted by atomic mass is 9.95. The second kappa shape index (κ2) is 11.6. The van der Waals surface area contributed by atoms with Crippen LogP contribution in [-0.4, -0.2) is 68.9 Å². The molecule has 3 aliphatic rings. The van der Waals surface area contributed by atoms with E-state index in [2.05, 4.69) is 16.0 Å². The van der Waals surface area contributed by atoms with Crippen molar-refractivity contribution in [2.75, 3.05) is 52.4 Å². The van der Waals surface area contributed by atoms with E-state index in [4.69, 9.17) is 0 Å². The van der Waals surface area contributed by atoms with Crippen LogP contribution < -0.4 is 16.0 Å². The van der Waals surface area contributed by atoms with Crippen molar-refractivity contribution in [2.45, 2.75) is 89.1 Å². The highest BCUT2D eigenvalue weighted by atomic mass is 15.4. The molecule has 1 saturated heterocycles.